The lowest BCUT2D eigenvalue weighted by molar-refractivity contribution is 0.1000. The summed E-state index contributed by atoms with van der Waals surface area (Å²) in [5.74, 6) is 1.44. The SMILES string of the molecule is CC1CCCC(CCNCc2cccc(C(N)=O)c2)C1. The standard InChI is InChI=1S/C17H26N2O/c1-13-4-2-5-14(10-13)8-9-19-12-15-6-3-7-16(11-15)17(18)20/h3,6-7,11,13-14,19H,2,4-5,8-10,12H2,1H3,(H2,18,20). The third kappa shape index (κ3) is 4.64. The van der Waals surface area contributed by atoms with E-state index in [1.807, 2.05) is 18.2 Å². The molecular weight excluding hydrogens is 248 g/mol. The highest BCUT2D eigenvalue weighted by molar-refractivity contribution is 5.92. The third-order valence-electron chi connectivity index (χ3n) is 4.31. The zero-order chi connectivity index (χ0) is 14.4. The summed E-state index contributed by atoms with van der Waals surface area (Å²) < 4.78 is 0. The molecule has 1 saturated carbocycles. The Kier molecular flexibility index (Phi) is 5.60. The largest absolute Gasteiger partial charge is 0.366 e. The van der Waals surface area contributed by atoms with E-state index in [0.29, 0.717) is 5.56 Å². The van der Waals surface area contributed by atoms with Crippen LogP contribution < -0.4 is 11.1 Å². The predicted octanol–water partition coefficient (Wildman–Crippen LogP) is 3.09. The number of carbonyl (C=O) groups is 1. The Labute approximate surface area is 121 Å². The Balaban J connectivity index is 1.70. The van der Waals surface area contributed by atoms with Gasteiger partial charge >= 0.3 is 0 Å². The molecule has 20 heavy (non-hydrogen) atoms. The summed E-state index contributed by atoms with van der Waals surface area (Å²) in [6.45, 7) is 4.23. The maximum absolute atomic E-state index is 11.1. The highest BCUT2D eigenvalue weighted by Crippen LogP contribution is 2.30. The molecule has 0 saturated heterocycles. The first-order valence-electron chi connectivity index (χ1n) is 7.74. The number of hydrogen-bond donors (Lipinski definition) is 2. The van der Waals surface area contributed by atoms with Crippen LogP contribution in [0.2, 0.25) is 0 Å². The molecule has 1 amide bonds. The second-order valence-corrected chi connectivity index (χ2v) is 6.17. The van der Waals surface area contributed by atoms with Crippen molar-refractivity contribution in [1.29, 1.82) is 0 Å². The number of hydrogen-bond acceptors (Lipinski definition) is 2. The lowest BCUT2D eigenvalue weighted by Gasteiger charge is -2.26. The van der Waals surface area contributed by atoms with Crippen molar-refractivity contribution in [2.24, 2.45) is 17.6 Å². The Morgan fingerprint density at radius 2 is 2.25 bits per heavy atom. The Hall–Kier alpha value is -1.35. The van der Waals surface area contributed by atoms with Crippen LogP contribution in [0, 0.1) is 11.8 Å². The molecule has 2 unspecified atom stereocenters. The lowest BCUT2D eigenvalue weighted by atomic mass is 9.81. The van der Waals surface area contributed by atoms with E-state index >= 15 is 0 Å². The van der Waals surface area contributed by atoms with Gasteiger partial charge < -0.3 is 11.1 Å². The highest BCUT2D eigenvalue weighted by atomic mass is 16.1. The summed E-state index contributed by atoms with van der Waals surface area (Å²) in [6.07, 6.45) is 6.85. The van der Waals surface area contributed by atoms with Crippen molar-refractivity contribution in [1.82, 2.24) is 5.32 Å². The van der Waals surface area contributed by atoms with Gasteiger partial charge in [-0.1, -0.05) is 38.3 Å². The Morgan fingerprint density at radius 1 is 1.40 bits per heavy atom. The van der Waals surface area contributed by atoms with Crippen LogP contribution in [0.3, 0.4) is 0 Å². The van der Waals surface area contributed by atoms with Crippen LogP contribution >= 0.6 is 0 Å². The van der Waals surface area contributed by atoms with Crippen molar-refractivity contribution in [3.8, 4) is 0 Å². The Bertz CT molecular complexity index is 444. The molecular formula is C17H26N2O. The van der Waals surface area contributed by atoms with Crippen molar-refractivity contribution in [2.75, 3.05) is 6.54 Å². The van der Waals surface area contributed by atoms with E-state index in [1.165, 1.54) is 32.1 Å². The van der Waals surface area contributed by atoms with Crippen LogP contribution in [-0.2, 0) is 6.54 Å². The molecule has 0 spiro atoms. The van der Waals surface area contributed by atoms with E-state index in [1.54, 1.807) is 6.07 Å². The smallest absolute Gasteiger partial charge is 0.248 e. The van der Waals surface area contributed by atoms with Crippen LogP contribution in [0.4, 0.5) is 0 Å². The first-order valence-corrected chi connectivity index (χ1v) is 7.74. The monoisotopic (exact) mass is 274 g/mol. The summed E-state index contributed by atoms with van der Waals surface area (Å²) in [6, 6.07) is 7.55. The van der Waals surface area contributed by atoms with Crippen molar-refractivity contribution in [3.05, 3.63) is 35.4 Å². The van der Waals surface area contributed by atoms with Gasteiger partial charge in [0.05, 0.1) is 0 Å². The van der Waals surface area contributed by atoms with E-state index in [-0.39, 0.29) is 5.91 Å². The van der Waals surface area contributed by atoms with Gasteiger partial charge in [-0.2, -0.15) is 0 Å². The second-order valence-electron chi connectivity index (χ2n) is 6.17. The van der Waals surface area contributed by atoms with Crippen LogP contribution in [-0.4, -0.2) is 12.5 Å². The van der Waals surface area contributed by atoms with Gasteiger partial charge in [0.1, 0.15) is 0 Å². The molecule has 1 aliphatic carbocycles. The minimum Gasteiger partial charge on any atom is -0.366 e. The Morgan fingerprint density at radius 3 is 3.00 bits per heavy atom. The topological polar surface area (TPSA) is 55.1 Å². The fourth-order valence-electron chi connectivity index (χ4n) is 3.20. The maximum atomic E-state index is 11.1. The number of nitrogens with two attached hydrogens (primary N) is 1. The van der Waals surface area contributed by atoms with Crippen LogP contribution in [0.15, 0.2) is 24.3 Å². The lowest BCUT2D eigenvalue weighted by Crippen LogP contribution is -2.21. The normalized spacial score (nSPS) is 22.6. The van der Waals surface area contributed by atoms with Crippen LogP contribution in [0.5, 0.6) is 0 Å². The average Bonchev–Trinajstić information content (AvgIpc) is 2.44. The number of carbonyl (C=O) groups excluding carboxylic acids is 1. The molecule has 0 radical (unpaired) electrons. The predicted molar refractivity (Wildman–Crippen MR) is 82.4 cm³/mol. The molecule has 3 heteroatoms. The molecule has 2 atom stereocenters. The number of primary amides is 1. The first kappa shape index (κ1) is 15.0. The zero-order valence-corrected chi connectivity index (χ0v) is 12.4. The molecule has 2 rings (SSSR count). The van der Waals surface area contributed by atoms with Crippen molar-refractivity contribution >= 4 is 5.91 Å². The van der Waals surface area contributed by atoms with Crippen molar-refractivity contribution in [3.63, 3.8) is 0 Å². The number of amides is 1. The van der Waals surface area contributed by atoms with Gasteiger partial charge in [-0.05, 0) is 48.9 Å². The number of rotatable bonds is 6. The second kappa shape index (κ2) is 7.44. The summed E-state index contributed by atoms with van der Waals surface area (Å²) in [5, 5.41) is 3.48. The van der Waals surface area contributed by atoms with Gasteiger partial charge in [0, 0.05) is 12.1 Å². The molecule has 110 valence electrons. The van der Waals surface area contributed by atoms with Crippen LogP contribution in [0.1, 0.15) is 54.9 Å². The van der Waals surface area contributed by atoms with Gasteiger partial charge in [0.15, 0.2) is 0 Å². The molecule has 1 aliphatic rings. The molecule has 0 bridgehead atoms. The van der Waals surface area contributed by atoms with Crippen molar-refractivity contribution < 1.29 is 4.79 Å². The fourth-order valence-corrected chi connectivity index (χ4v) is 3.20. The third-order valence-corrected chi connectivity index (χ3v) is 4.31. The zero-order valence-electron chi connectivity index (χ0n) is 12.4. The number of benzene rings is 1. The van der Waals surface area contributed by atoms with Gasteiger partial charge in [0.2, 0.25) is 5.91 Å². The number of nitrogens with one attached hydrogen (secondary N) is 1. The summed E-state index contributed by atoms with van der Waals surface area (Å²) >= 11 is 0. The minimum absolute atomic E-state index is 0.358. The van der Waals surface area contributed by atoms with Gasteiger partial charge in [0.25, 0.3) is 0 Å². The van der Waals surface area contributed by atoms with E-state index in [9.17, 15) is 4.79 Å². The van der Waals surface area contributed by atoms with E-state index < -0.39 is 0 Å². The quantitative estimate of drug-likeness (QED) is 0.783. The fraction of sp³-hybridized carbons (Fsp3) is 0.588. The van der Waals surface area contributed by atoms with E-state index in [0.717, 1.165) is 30.5 Å². The molecule has 0 heterocycles. The molecule has 0 aromatic heterocycles. The molecule has 3 nitrogen and oxygen atoms in total. The van der Waals surface area contributed by atoms with Crippen molar-refractivity contribution in [2.45, 2.75) is 45.6 Å². The summed E-state index contributed by atoms with van der Waals surface area (Å²) in [5.41, 5.74) is 7.00. The van der Waals surface area contributed by atoms with Gasteiger partial charge in [-0.25, -0.2) is 0 Å². The average molecular weight is 274 g/mol. The van der Waals surface area contributed by atoms with E-state index in [2.05, 4.69) is 12.2 Å². The molecule has 1 aromatic carbocycles. The van der Waals surface area contributed by atoms with E-state index in [4.69, 9.17) is 5.73 Å². The molecule has 1 aromatic rings. The summed E-state index contributed by atoms with van der Waals surface area (Å²) in [4.78, 5) is 11.1. The first-order chi connectivity index (χ1) is 9.65. The minimum atomic E-state index is -0.358. The maximum Gasteiger partial charge on any atom is 0.248 e. The summed E-state index contributed by atoms with van der Waals surface area (Å²) in [7, 11) is 0. The molecule has 1 fully saturated rings. The molecule has 0 aliphatic heterocycles. The van der Waals surface area contributed by atoms with Gasteiger partial charge in [-0.15, -0.1) is 0 Å². The van der Waals surface area contributed by atoms with Gasteiger partial charge in [-0.3, -0.25) is 4.79 Å². The molecule has 3 N–H and O–H groups in total. The highest BCUT2D eigenvalue weighted by Gasteiger charge is 2.18. The van der Waals surface area contributed by atoms with Crippen LogP contribution in [0.25, 0.3) is 0 Å².